The van der Waals surface area contributed by atoms with Crippen molar-refractivity contribution in [2.24, 2.45) is 0 Å². The highest BCUT2D eigenvalue weighted by atomic mass is 16.5. The summed E-state index contributed by atoms with van der Waals surface area (Å²) >= 11 is 0. The maximum Gasteiger partial charge on any atom is 0.132 e. The number of hydrogen-bond acceptors (Lipinski definition) is 3. The summed E-state index contributed by atoms with van der Waals surface area (Å²) in [7, 11) is 0. The number of ether oxygens (including phenoxy) is 1. The molecule has 0 atom stereocenters. The van der Waals surface area contributed by atoms with Gasteiger partial charge in [-0.3, -0.25) is 4.68 Å². The average Bonchev–Trinajstić information content (AvgIpc) is 3.08. The summed E-state index contributed by atoms with van der Waals surface area (Å²) < 4.78 is 7.92. The number of aryl methyl sites for hydroxylation is 1. The van der Waals surface area contributed by atoms with Gasteiger partial charge in [0.05, 0.1) is 11.7 Å². The van der Waals surface area contributed by atoms with Crippen molar-refractivity contribution < 1.29 is 4.74 Å². The zero-order valence-corrected chi connectivity index (χ0v) is 11.9. The third kappa shape index (κ3) is 2.79. The molecule has 1 aliphatic carbocycles. The minimum absolute atomic E-state index is 0.504. The molecule has 2 N–H and O–H groups in total. The molecule has 20 heavy (non-hydrogen) atoms. The van der Waals surface area contributed by atoms with Gasteiger partial charge in [0.2, 0.25) is 0 Å². The van der Waals surface area contributed by atoms with Gasteiger partial charge < -0.3 is 10.5 Å². The lowest BCUT2D eigenvalue weighted by molar-refractivity contribution is 0.296. The number of nitrogen functional groups attached to an aromatic ring is 1. The molecule has 1 heterocycles. The molecule has 1 aromatic carbocycles. The normalized spacial score (nSPS) is 15.7. The Kier molecular flexibility index (Phi) is 3.63. The van der Waals surface area contributed by atoms with Crippen molar-refractivity contribution in [2.45, 2.75) is 45.3 Å². The van der Waals surface area contributed by atoms with Gasteiger partial charge in [-0.15, -0.1) is 0 Å². The molecule has 1 fully saturated rings. The summed E-state index contributed by atoms with van der Waals surface area (Å²) in [5.41, 5.74) is 8.54. The van der Waals surface area contributed by atoms with Gasteiger partial charge in [-0.25, -0.2) is 0 Å². The monoisotopic (exact) mass is 271 g/mol. The molecule has 0 unspecified atom stereocenters. The molecule has 0 amide bonds. The van der Waals surface area contributed by atoms with Crippen LogP contribution in [0.25, 0.3) is 0 Å². The first-order chi connectivity index (χ1) is 9.72. The van der Waals surface area contributed by atoms with Gasteiger partial charge in [-0.05, 0) is 49.6 Å². The van der Waals surface area contributed by atoms with Gasteiger partial charge >= 0.3 is 0 Å². The van der Waals surface area contributed by atoms with E-state index in [1.165, 1.54) is 25.7 Å². The van der Waals surface area contributed by atoms with Crippen LogP contribution in [0.4, 0.5) is 5.69 Å². The molecule has 4 heteroatoms. The van der Waals surface area contributed by atoms with E-state index in [9.17, 15) is 0 Å². The van der Waals surface area contributed by atoms with Crippen molar-refractivity contribution in [3.63, 3.8) is 0 Å². The number of benzene rings is 1. The van der Waals surface area contributed by atoms with Gasteiger partial charge in [-0.2, -0.15) is 5.10 Å². The van der Waals surface area contributed by atoms with Crippen LogP contribution in [0.3, 0.4) is 0 Å². The molecular weight excluding hydrogens is 250 g/mol. The molecule has 2 aromatic rings. The highest BCUT2D eigenvalue weighted by Crippen LogP contribution is 2.29. The largest absolute Gasteiger partial charge is 0.487 e. The van der Waals surface area contributed by atoms with Crippen LogP contribution in [0.15, 0.2) is 30.5 Å². The van der Waals surface area contributed by atoms with Crippen molar-refractivity contribution in [2.75, 3.05) is 5.73 Å². The first kappa shape index (κ1) is 13.0. The third-order valence-electron chi connectivity index (χ3n) is 3.94. The smallest absolute Gasteiger partial charge is 0.132 e. The standard InChI is InChI=1S/C16H21N3O/c1-12-10-13(17)6-7-16(12)20-11-14-8-9-19(18-14)15-4-2-3-5-15/h6-10,15H,2-5,11,17H2,1H3. The Bertz CT molecular complexity index is 585. The van der Waals surface area contributed by atoms with Crippen LogP contribution in [-0.2, 0) is 6.61 Å². The highest BCUT2D eigenvalue weighted by Gasteiger charge is 2.17. The van der Waals surface area contributed by atoms with E-state index < -0.39 is 0 Å². The number of hydrogen-bond donors (Lipinski definition) is 1. The molecule has 0 radical (unpaired) electrons. The van der Waals surface area contributed by atoms with Gasteiger partial charge in [0.25, 0.3) is 0 Å². The molecule has 0 bridgehead atoms. The minimum Gasteiger partial charge on any atom is -0.487 e. The molecule has 1 aromatic heterocycles. The van der Waals surface area contributed by atoms with Crippen LogP contribution < -0.4 is 10.5 Å². The predicted octanol–water partition coefficient (Wildman–Crippen LogP) is 3.47. The Morgan fingerprint density at radius 2 is 2.10 bits per heavy atom. The molecular formula is C16H21N3O. The molecule has 1 saturated carbocycles. The van der Waals surface area contributed by atoms with E-state index in [-0.39, 0.29) is 0 Å². The quantitative estimate of drug-likeness (QED) is 0.866. The second kappa shape index (κ2) is 5.57. The van der Waals surface area contributed by atoms with Crippen molar-refractivity contribution >= 4 is 5.69 Å². The summed E-state index contributed by atoms with van der Waals surface area (Å²) in [6.07, 6.45) is 7.21. The van der Waals surface area contributed by atoms with Crippen molar-refractivity contribution in [3.8, 4) is 5.75 Å². The SMILES string of the molecule is Cc1cc(N)ccc1OCc1ccn(C2CCCC2)n1. The molecule has 106 valence electrons. The van der Waals surface area contributed by atoms with Crippen molar-refractivity contribution in [1.29, 1.82) is 0 Å². The predicted molar refractivity (Wildman–Crippen MR) is 79.7 cm³/mol. The zero-order valence-electron chi connectivity index (χ0n) is 11.9. The van der Waals surface area contributed by atoms with Gasteiger partial charge in [-0.1, -0.05) is 12.8 Å². The van der Waals surface area contributed by atoms with Gasteiger partial charge in [0.15, 0.2) is 0 Å². The van der Waals surface area contributed by atoms with E-state index in [2.05, 4.69) is 16.0 Å². The summed E-state index contributed by atoms with van der Waals surface area (Å²) in [6.45, 7) is 2.51. The Balaban J connectivity index is 1.63. The average molecular weight is 271 g/mol. The molecule has 1 aliphatic rings. The number of nitrogens with two attached hydrogens (primary N) is 1. The lowest BCUT2D eigenvalue weighted by Crippen LogP contribution is -2.06. The van der Waals surface area contributed by atoms with Crippen LogP contribution in [0.1, 0.15) is 43.0 Å². The maximum absolute atomic E-state index is 5.82. The Morgan fingerprint density at radius 3 is 2.85 bits per heavy atom. The van der Waals surface area contributed by atoms with E-state index in [0.717, 1.165) is 22.7 Å². The second-order valence-corrected chi connectivity index (χ2v) is 5.54. The fourth-order valence-electron chi connectivity index (χ4n) is 2.81. The Hall–Kier alpha value is -1.97. The van der Waals surface area contributed by atoms with E-state index in [1.807, 2.05) is 31.2 Å². The Morgan fingerprint density at radius 1 is 1.30 bits per heavy atom. The van der Waals surface area contributed by atoms with Gasteiger partial charge in [0.1, 0.15) is 12.4 Å². The summed E-state index contributed by atoms with van der Waals surface area (Å²) in [4.78, 5) is 0. The highest BCUT2D eigenvalue weighted by molar-refractivity contribution is 5.47. The topological polar surface area (TPSA) is 53.1 Å². The molecule has 0 saturated heterocycles. The summed E-state index contributed by atoms with van der Waals surface area (Å²) in [5.74, 6) is 0.870. The van der Waals surface area contributed by atoms with E-state index in [4.69, 9.17) is 10.5 Å². The number of anilines is 1. The van der Waals surface area contributed by atoms with Crippen LogP contribution in [-0.4, -0.2) is 9.78 Å². The van der Waals surface area contributed by atoms with E-state index in [1.54, 1.807) is 0 Å². The first-order valence-electron chi connectivity index (χ1n) is 7.25. The van der Waals surface area contributed by atoms with Crippen molar-refractivity contribution in [1.82, 2.24) is 9.78 Å². The van der Waals surface area contributed by atoms with Gasteiger partial charge in [0, 0.05) is 11.9 Å². The molecule has 0 spiro atoms. The van der Waals surface area contributed by atoms with E-state index in [0.29, 0.717) is 12.6 Å². The fraction of sp³-hybridized carbons (Fsp3) is 0.438. The lowest BCUT2D eigenvalue weighted by atomic mass is 10.2. The van der Waals surface area contributed by atoms with Crippen molar-refractivity contribution in [3.05, 3.63) is 41.7 Å². The number of rotatable bonds is 4. The third-order valence-corrected chi connectivity index (χ3v) is 3.94. The second-order valence-electron chi connectivity index (χ2n) is 5.54. The lowest BCUT2D eigenvalue weighted by Gasteiger charge is -2.10. The molecule has 3 rings (SSSR count). The zero-order chi connectivity index (χ0) is 13.9. The van der Waals surface area contributed by atoms with Crippen LogP contribution in [0.2, 0.25) is 0 Å². The fourth-order valence-corrected chi connectivity index (χ4v) is 2.81. The number of aromatic nitrogens is 2. The number of nitrogens with zero attached hydrogens (tertiary/aromatic N) is 2. The Labute approximate surface area is 119 Å². The molecule has 4 nitrogen and oxygen atoms in total. The maximum atomic E-state index is 5.82. The minimum atomic E-state index is 0.504. The van der Waals surface area contributed by atoms with Crippen LogP contribution in [0.5, 0.6) is 5.75 Å². The van der Waals surface area contributed by atoms with Crippen LogP contribution >= 0.6 is 0 Å². The van der Waals surface area contributed by atoms with Crippen LogP contribution in [0, 0.1) is 6.92 Å². The van der Waals surface area contributed by atoms with E-state index >= 15 is 0 Å². The summed E-state index contributed by atoms with van der Waals surface area (Å²) in [6, 6.07) is 8.33. The first-order valence-corrected chi connectivity index (χ1v) is 7.25. The summed E-state index contributed by atoms with van der Waals surface area (Å²) in [5, 5.41) is 4.62. The molecule has 0 aliphatic heterocycles.